The first kappa shape index (κ1) is 15.9. The fourth-order valence-corrected chi connectivity index (χ4v) is 1.37. The second-order valence-corrected chi connectivity index (χ2v) is 3.07. The molecule has 0 fully saturated rings. The number of halogens is 7. The summed E-state index contributed by atoms with van der Waals surface area (Å²) < 4.78 is 90.4. The number of benzene rings is 2. The maximum atomic E-state index is 13.1. The van der Waals surface area contributed by atoms with Gasteiger partial charge in [-0.2, -0.15) is 0 Å². The molecule has 18 heavy (non-hydrogen) atoms. The van der Waals surface area contributed by atoms with Crippen molar-refractivity contribution in [1.82, 2.24) is 0 Å². The topological polar surface area (TPSA) is 0 Å². The van der Waals surface area contributed by atoms with Crippen LogP contribution >= 0.6 is 0 Å². The summed E-state index contributed by atoms with van der Waals surface area (Å²) >= 11 is 0. The summed E-state index contributed by atoms with van der Waals surface area (Å²) in [6, 6.07) is 1.09. The average molecular weight is 292 g/mol. The van der Waals surface area contributed by atoms with E-state index in [0.29, 0.717) is 0 Å². The molecule has 0 nitrogen and oxygen atoms in total. The van der Waals surface area contributed by atoms with E-state index in [1.165, 1.54) is 0 Å². The van der Waals surface area contributed by atoms with Crippen LogP contribution in [0.4, 0.5) is 30.7 Å². The summed E-state index contributed by atoms with van der Waals surface area (Å²) in [5.74, 6) is -14.9. The largest absolute Gasteiger partial charge is 1.00 e. The van der Waals surface area contributed by atoms with Gasteiger partial charge in [0.1, 0.15) is 11.6 Å². The zero-order chi connectivity index (χ0) is 12.9. The van der Waals surface area contributed by atoms with Crippen molar-refractivity contribution in [1.29, 1.82) is 0 Å². The van der Waals surface area contributed by atoms with E-state index in [4.69, 9.17) is 0 Å². The van der Waals surface area contributed by atoms with Crippen molar-refractivity contribution in [3.05, 3.63) is 46.8 Å². The summed E-state index contributed by atoms with van der Waals surface area (Å²) in [6.07, 6.45) is 0. The Morgan fingerprint density at radius 1 is 0.500 bits per heavy atom. The first-order valence-electron chi connectivity index (χ1n) is 4.07. The van der Waals surface area contributed by atoms with E-state index < -0.39 is 51.5 Å². The van der Waals surface area contributed by atoms with Crippen LogP contribution in [0.3, 0.4) is 0 Å². The molecule has 8 heteroatoms. The minimum Gasteiger partial charge on any atom is -0.281 e. The number of hydrogen-bond donors (Lipinski definition) is 0. The van der Waals surface area contributed by atoms with E-state index in [9.17, 15) is 30.7 Å². The normalized spacial score (nSPS) is 10.6. The first-order chi connectivity index (χ1) is 7.86. The molecule has 2 aromatic rings. The molecule has 90 valence electrons. The minimum atomic E-state index is -2.35. The van der Waals surface area contributed by atoms with Gasteiger partial charge < -0.3 is 0 Å². The van der Waals surface area contributed by atoms with Gasteiger partial charge in [0, 0.05) is 11.6 Å². The maximum absolute atomic E-state index is 13.1. The Morgan fingerprint density at radius 3 is 1.44 bits per heavy atom. The monoisotopic (exact) mass is 292 g/mol. The molecule has 2 aromatic carbocycles. The van der Waals surface area contributed by atoms with Crippen LogP contribution in [0.25, 0.3) is 10.8 Å². The van der Waals surface area contributed by atoms with Gasteiger partial charge in [0.15, 0.2) is 11.6 Å². The Balaban J connectivity index is 0.00000162. The molecule has 0 atom stereocenters. The predicted molar refractivity (Wildman–Crippen MR) is 42.5 cm³/mol. The second kappa shape index (κ2) is 5.46. The third-order valence-electron chi connectivity index (χ3n) is 2.12. The van der Waals surface area contributed by atoms with Gasteiger partial charge in [-0.1, -0.05) is 0 Å². The van der Waals surface area contributed by atoms with Crippen molar-refractivity contribution >= 4 is 10.8 Å². The van der Waals surface area contributed by atoms with Gasteiger partial charge in [-0.3, -0.25) is 4.39 Å². The summed E-state index contributed by atoms with van der Waals surface area (Å²) in [7, 11) is 0. The molecule has 0 aliphatic carbocycles. The molecule has 2 rings (SSSR count). The van der Waals surface area contributed by atoms with Crippen LogP contribution in [-0.2, 0) is 0 Å². The van der Waals surface area contributed by atoms with E-state index in [2.05, 4.69) is 0 Å². The van der Waals surface area contributed by atoms with E-state index in [0.717, 1.165) is 6.07 Å². The van der Waals surface area contributed by atoms with Gasteiger partial charge in [-0.15, -0.1) is 6.07 Å². The van der Waals surface area contributed by atoms with Crippen LogP contribution in [-0.4, -0.2) is 0 Å². The van der Waals surface area contributed by atoms with E-state index in [1.807, 2.05) is 0 Å². The van der Waals surface area contributed by atoms with Crippen LogP contribution in [0.1, 0.15) is 0 Å². The van der Waals surface area contributed by atoms with Gasteiger partial charge in [0.25, 0.3) is 0 Å². The molecular formula is C10F7K. The molecule has 0 bridgehead atoms. The van der Waals surface area contributed by atoms with Crippen LogP contribution in [0.5, 0.6) is 0 Å². The minimum absolute atomic E-state index is 0. The smallest absolute Gasteiger partial charge is 0.281 e. The van der Waals surface area contributed by atoms with Gasteiger partial charge in [-0.25, -0.2) is 26.3 Å². The quantitative estimate of drug-likeness (QED) is 0.219. The molecule has 0 aliphatic rings. The molecule has 0 saturated heterocycles. The number of hydrogen-bond acceptors (Lipinski definition) is 0. The van der Waals surface area contributed by atoms with Crippen molar-refractivity contribution in [2.45, 2.75) is 0 Å². The molecule has 0 unspecified atom stereocenters. The Bertz CT molecular complexity index is 638. The van der Waals surface area contributed by atoms with Crippen LogP contribution < -0.4 is 51.4 Å². The molecule has 0 radical (unpaired) electrons. The Morgan fingerprint density at radius 2 is 0.944 bits per heavy atom. The molecule has 0 aromatic heterocycles. The van der Waals surface area contributed by atoms with Gasteiger partial charge in [0.05, 0.1) is 5.82 Å². The van der Waals surface area contributed by atoms with Gasteiger partial charge in [-0.05, 0) is 10.8 Å². The third-order valence-corrected chi connectivity index (χ3v) is 2.12. The fraction of sp³-hybridized carbons (Fsp3) is 0. The SMILES string of the molecule is Fc1[c-]c(F)c2c(F)c(F)c(F)c(F)c2c1F.[K+]. The van der Waals surface area contributed by atoms with Crippen molar-refractivity contribution < 1.29 is 82.1 Å². The number of rotatable bonds is 0. The predicted octanol–water partition coefficient (Wildman–Crippen LogP) is 0.618. The summed E-state index contributed by atoms with van der Waals surface area (Å²) in [4.78, 5) is 0. The third kappa shape index (κ3) is 2.20. The van der Waals surface area contributed by atoms with E-state index in [1.54, 1.807) is 0 Å². The molecule has 0 spiro atoms. The Labute approximate surface area is 138 Å². The van der Waals surface area contributed by atoms with Crippen molar-refractivity contribution in [2.75, 3.05) is 0 Å². The van der Waals surface area contributed by atoms with Crippen molar-refractivity contribution in [3.8, 4) is 0 Å². The molecule has 0 N–H and O–H groups in total. The Hall–Kier alpha value is -0.154. The van der Waals surface area contributed by atoms with Crippen molar-refractivity contribution in [2.24, 2.45) is 0 Å². The average Bonchev–Trinajstić information content (AvgIpc) is 2.28. The van der Waals surface area contributed by atoms with E-state index in [-0.39, 0.29) is 51.4 Å². The van der Waals surface area contributed by atoms with Crippen LogP contribution in [0, 0.1) is 46.8 Å². The zero-order valence-corrected chi connectivity index (χ0v) is 11.8. The molecule has 0 aliphatic heterocycles. The van der Waals surface area contributed by atoms with Crippen molar-refractivity contribution in [3.63, 3.8) is 0 Å². The standard InChI is InChI=1S/C10F7.K/c11-2-1-3(12)6(13)5-4(2)7(14)9(16)10(17)8(5)15;/q-1;+1. The molecular weight excluding hydrogens is 292 g/mol. The number of fused-ring (bicyclic) bond motifs is 1. The molecule has 0 heterocycles. The maximum Gasteiger partial charge on any atom is 1.00 e. The van der Waals surface area contributed by atoms with Gasteiger partial charge >= 0.3 is 51.4 Å². The zero-order valence-electron chi connectivity index (χ0n) is 8.65. The van der Waals surface area contributed by atoms with Crippen LogP contribution in [0.2, 0.25) is 0 Å². The second-order valence-electron chi connectivity index (χ2n) is 3.07. The Kier molecular flexibility index (Phi) is 4.82. The molecule has 0 amide bonds. The summed E-state index contributed by atoms with van der Waals surface area (Å²) in [6.45, 7) is 0. The summed E-state index contributed by atoms with van der Waals surface area (Å²) in [5, 5.41) is -3.16. The molecule has 0 saturated carbocycles. The van der Waals surface area contributed by atoms with Gasteiger partial charge in [0.2, 0.25) is 0 Å². The fourth-order valence-electron chi connectivity index (χ4n) is 1.37. The van der Waals surface area contributed by atoms with E-state index >= 15 is 0 Å². The summed E-state index contributed by atoms with van der Waals surface area (Å²) in [5.41, 5.74) is 0. The van der Waals surface area contributed by atoms with Crippen LogP contribution in [0.15, 0.2) is 0 Å². The first-order valence-corrected chi connectivity index (χ1v) is 4.07.